The molecule has 0 saturated heterocycles. The number of hydrogen-bond donors (Lipinski definition) is 1. The third-order valence-electron chi connectivity index (χ3n) is 1.82. The molecule has 0 aliphatic carbocycles. The van der Waals surface area contributed by atoms with Crippen LogP contribution in [0.25, 0.3) is 0 Å². The maximum absolute atomic E-state index is 5.57. The molecular weight excluding hydrogens is 216 g/mol. The molecule has 2 heterocycles. The van der Waals surface area contributed by atoms with Crippen molar-refractivity contribution in [2.24, 2.45) is 7.05 Å². The van der Waals surface area contributed by atoms with Crippen molar-refractivity contribution < 1.29 is 0 Å². The smallest absolute Gasteiger partial charge is 0.222 e. The second-order valence-electron chi connectivity index (χ2n) is 2.82. The lowest BCUT2D eigenvalue weighted by atomic mass is 10.4. The molecule has 0 atom stereocenters. The molecule has 0 aliphatic heterocycles. The van der Waals surface area contributed by atoms with Gasteiger partial charge in [0.25, 0.3) is 0 Å². The molecule has 74 valence electrons. The fourth-order valence-electron chi connectivity index (χ4n) is 0.975. The van der Waals surface area contributed by atoms with Gasteiger partial charge in [-0.05, 0) is 22.4 Å². The summed E-state index contributed by atoms with van der Waals surface area (Å²) in [5.41, 5.74) is 6.87. The van der Waals surface area contributed by atoms with Gasteiger partial charge in [0, 0.05) is 12.8 Å². The van der Waals surface area contributed by atoms with Crippen LogP contribution >= 0.6 is 23.1 Å². The van der Waals surface area contributed by atoms with Crippen molar-refractivity contribution in [3.8, 4) is 0 Å². The van der Waals surface area contributed by atoms with Gasteiger partial charge in [0.2, 0.25) is 5.95 Å². The number of hydrogen-bond acceptors (Lipinski definition) is 5. The average Bonchev–Trinajstić information content (AvgIpc) is 2.77. The molecule has 0 fully saturated rings. The second kappa shape index (κ2) is 4.02. The minimum Gasteiger partial charge on any atom is -0.368 e. The van der Waals surface area contributed by atoms with Crippen molar-refractivity contribution in [2.45, 2.75) is 10.9 Å². The van der Waals surface area contributed by atoms with Gasteiger partial charge in [0.05, 0.1) is 0 Å². The van der Waals surface area contributed by atoms with E-state index < -0.39 is 0 Å². The lowest BCUT2D eigenvalue weighted by Gasteiger charge is -1.99. The molecule has 0 bridgehead atoms. The van der Waals surface area contributed by atoms with Crippen molar-refractivity contribution in [1.82, 2.24) is 14.8 Å². The summed E-state index contributed by atoms with van der Waals surface area (Å²) in [5, 5.41) is 12.8. The van der Waals surface area contributed by atoms with Crippen LogP contribution in [-0.2, 0) is 12.8 Å². The first-order valence-corrected chi connectivity index (χ1v) is 5.99. The first kappa shape index (κ1) is 9.54. The Morgan fingerprint density at radius 1 is 1.57 bits per heavy atom. The number of rotatable bonds is 3. The minimum atomic E-state index is 0.456. The zero-order valence-corrected chi connectivity index (χ0v) is 9.31. The van der Waals surface area contributed by atoms with Gasteiger partial charge in [0.1, 0.15) is 0 Å². The number of anilines is 1. The SMILES string of the molecule is Cn1c(N)nnc1SCc1ccsc1. The zero-order valence-electron chi connectivity index (χ0n) is 7.67. The van der Waals surface area contributed by atoms with Crippen LogP contribution in [0.4, 0.5) is 5.95 Å². The van der Waals surface area contributed by atoms with Crippen LogP contribution in [0.15, 0.2) is 22.0 Å². The molecule has 2 N–H and O–H groups in total. The molecule has 14 heavy (non-hydrogen) atoms. The lowest BCUT2D eigenvalue weighted by Crippen LogP contribution is -1.97. The molecule has 6 heteroatoms. The Kier molecular flexibility index (Phi) is 2.74. The molecule has 2 aromatic rings. The molecule has 0 spiro atoms. The molecule has 2 rings (SSSR count). The summed E-state index contributed by atoms with van der Waals surface area (Å²) in [5.74, 6) is 1.37. The summed E-state index contributed by atoms with van der Waals surface area (Å²) in [6.45, 7) is 0. The number of thioether (sulfide) groups is 1. The van der Waals surface area contributed by atoms with Crippen LogP contribution in [0.2, 0.25) is 0 Å². The summed E-state index contributed by atoms with van der Waals surface area (Å²) in [6, 6.07) is 2.11. The fourth-order valence-corrected chi connectivity index (χ4v) is 2.61. The Balaban J connectivity index is 2.02. The largest absolute Gasteiger partial charge is 0.368 e. The van der Waals surface area contributed by atoms with Crippen molar-refractivity contribution in [1.29, 1.82) is 0 Å². The van der Waals surface area contributed by atoms with E-state index in [1.807, 2.05) is 7.05 Å². The summed E-state index contributed by atoms with van der Waals surface area (Å²) < 4.78 is 1.79. The van der Waals surface area contributed by atoms with E-state index in [0.717, 1.165) is 10.9 Å². The Bertz CT molecular complexity index is 407. The van der Waals surface area contributed by atoms with Crippen LogP contribution in [0.1, 0.15) is 5.56 Å². The maximum Gasteiger partial charge on any atom is 0.222 e. The molecule has 0 amide bonds. The summed E-state index contributed by atoms with van der Waals surface area (Å²) in [4.78, 5) is 0. The molecule has 0 aliphatic rings. The fraction of sp³-hybridized carbons (Fsp3) is 0.250. The van der Waals surface area contributed by atoms with Gasteiger partial charge >= 0.3 is 0 Å². The molecule has 2 aromatic heterocycles. The highest BCUT2D eigenvalue weighted by molar-refractivity contribution is 7.98. The Morgan fingerprint density at radius 3 is 3.00 bits per heavy atom. The Hall–Kier alpha value is -1.01. The van der Waals surface area contributed by atoms with Gasteiger partial charge in [-0.2, -0.15) is 11.3 Å². The average molecular weight is 226 g/mol. The monoisotopic (exact) mass is 226 g/mol. The molecule has 4 nitrogen and oxygen atoms in total. The van der Waals surface area contributed by atoms with Crippen LogP contribution in [0.3, 0.4) is 0 Å². The normalized spacial score (nSPS) is 10.6. The molecule has 0 saturated carbocycles. The third kappa shape index (κ3) is 1.91. The van der Waals surface area contributed by atoms with E-state index in [0.29, 0.717) is 5.95 Å². The van der Waals surface area contributed by atoms with Gasteiger partial charge in [-0.15, -0.1) is 10.2 Å². The summed E-state index contributed by atoms with van der Waals surface area (Å²) >= 11 is 3.34. The molecule has 0 radical (unpaired) electrons. The quantitative estimate of drug-likeness (QED) is 0.810. The van der Waals surface area contributed by atoms with Crippen LogP contribution in [-0.4, -0.2) is 14.8 Å². The highest BCUT2D eigenvalue weighted by Crippen LogP contribution is 2.22. The Morgan fingerprint density at radius 2 is 2.43 bits per heavy atom. The van der Waals surface area contributed by atoms with Gasteiger partial charge in [-0.25, -0.2) is 0 Å². The summed E-state index contributed by atoms with van der Waals surface area (Å²) in [6.07, 6.45) is 0. The maximum atomic E-state index is 5.57. The number of nitrogens with zero attached hydrogens (tertiary/aromatic N) is 3. The van der Waals surface area contributed by atoms with Crippen molar-refractivity contribution in [3.63, 3.8) is 0 Å². The van der Waals surface area contributed by atoms with E-state index in [2.05, 4.69) is 27.0 Å². The third-order valence-corrected chi connectivity index (χ3v) is 3.64. The predicted octanol–water partition coefficient (Wildman–Crippen LogP) is 1.75. The van der Waals surface area contributed by atoms with Gasteiger partial charge < -0.3 is 5.73 Å². The number of nitrogen functional groups attached to an aromatic ring is 1. The van der Waals surface area contributed by atoms with E-state index in [1.54, 1.807) is 27.7 Å². The molecular formula is C8H10N4S2. The lowest BCUT2D eigenvalue weighted by molar-refractivity contribution is 0.796. The van der Waals surface area contributed by atoms with Gasteiger partial charge in [-0.3, -0.25) is 4.57 Å². The van der Waals surface area contributed by atoms with E-state index in [4.69, 9.17) is 5.73 Å². The highest BCUT2D eigenvalue weighted by Gasteiger charge is 2.05. The van der Waals surface area contributed by atoms with Crippen molar-refractivity contribution in [3.05, 3.63) is 22.4 Å². The van der Waals surface area contributed by atoms with Crippen molar-refractivity contribution >= 4 is 29.0 Å². The van der Waals surface area contributed by atoms with Gasteiger partial charge in [0.15, 0.2) is 5.16 Å². The first-order valence-electron chi connectivity index (χ1n) is 4.06. The van der Waals surface area contributed by atoms with Crippen LogP contribution in [0.5, 0.6) is 0 Å². The zero-order chi connectivity index (χ0) is 9.97. The minimum absolute atomic E-state index is 0.456. The predicted molar refractivity (Wildman–Crippen MR) is 59.3 cm³/mol. The summed E-state index contributed by atoms with van der Waals surface area (Å²) in [7, 11) is 1.87. The number of nitrogens with two attached hydrogens (primary N) is 1. The van der Waals surface area contributed by atoms with Crippen LogP contribution < -0.4 is 5.73 Å². The first-order chi connectivity index (χ1) is 6.77. The van der Waals surface area contributed by atoms with Crippen molar-refractivity contribution in [2.75, 3.05) is 5.73 Å². The van der Waals surface area contributed by atoms with E-state index in [-0.39, 0.29) is 0 Å². The highest BCUT2D eigenvalue weighted by atomic mass is 32.2. The topological polar surface area (TPSA) is 56.7 Å². The van der Waals surface area contributed by atoms with E-state index >= 15 is 0 Å². The number of aromatic nitrogens is 3. The standard InChI is InChI=1S/C8H10N4S2/c1-12-7(9)10-11-8(12)14-5-6-2-3-13-4-6/h2-4H,5H2,1H3,(H2,9,10). The van der Waals surface area contributed by atoms with Gasteiger partial charge in [-0.1, -0.05) is 11.8 Å². The molecule has 0 aromatic carbocycles. The van der Waals surface area contributed by atoms with E-state index in [1.165, 1.54) is 5.56 Å². The molecule has 0 unspecified atom stereocenters. The second-order valence-corrected chi connectivity index (χ2v) is 4.54. The van der Waals surface area contributed by atoms with Crippen LogP contribution in [0, 0.1) is 0 Å². The Labute approximate surface area is 90.1 Å². The van der Waals surface area contributed by atoms with E-state index in [9.17, 15) is 0 Å². The number of thiophene rings is 1.